The molecule has 0 spiro atoms. The number of aryl methyl sites for hydroxylation is 3. The Balaban J connectivity index is 1.72. The van der Waals surface area contributed by atoms with Crippen molar-refractivity contribution in [1.29, 1.82) is 0 Å². The quantitative estimate of drug-likeness (QED) is 0.753. The van der Waals surface area contributed by atoms with E-state index in [0.29, 0.717) is 6.54 Å². The van der Waals surface area contributed by atoms with Crippen molar-refractivity contribution in [3.63, 3.8) is 0 Å². The van der Waals surface area contributed by atoms with E-state index in [1.807, 2.05) is 50.2 Å². The Morgan fingerprint density at radius 2 is 1.83 bits per heavy atom. The number of rotatable bonds is 6. The first-order valence-electron chi connectivity index (χ1n) is 8.40. The van der Waals surface area contributed by atoms with Crippen molar-refractivity contribution < 1.29 is 9.84 Å². The zero-order valence-corrected chi connectivity index (χ0v) is 14.5. The highest BCUT2D eigenvalue weighted by atomic mass is 16.5. The van der Waals surface area contributed by atoms with Crippen LogP contribution in [0.1, 0.15) is 23.9 Å². The minimum Gasteiger partial charge on any atom is -0.491 e. The van der Waals surface area contributed by atoms with Gasteiger partial charge in [-0.3, -0.25) is 0 Å². The summed E-state index contributed by atoms with van der Waals surface area (Å²) in [5.41, 5.74) is 4.35. The van der Waals surface area contributed by atoms with Gasteiger partial charge in [-0.15, -0.1) is 0 Å². The lowest BCUT2D eigenvalue weighted by molar-refractivity contribution is 0.0927. The van der Waals surface area contributed by atoms with Crippen LogP contribution in [-0.4, -0.2) is 27.4 Å². The molecule has 0 aliphatic heterocycles. The van der Waals surface area contributed by atoms with Crippen molar-refractivity contribution in [3.8, 4) is 5.75 Å². The number of fused-ring (bicyclic) bond motifs is 1. The topological polar surface area (TPSA) is 47.3 Å². The second kappa shape index (κ2) is 7.05. The van der Waals surface area contributed by atoms with Crippen molar-refractivity contribution in [1.82, 2.24) is 9.55 Å². The predicted molar refractivity (Wildman–Crippen MR) is 96.5 cm³/mol. The fraction of sp³-hybridized carbons (Fsp3) is 0.350. The molecule has 1 unspecified atom stereocenters. The number of hydrogen-bond acceptors (Lipinski definition) is 3. The van der Waals surface area contributed by atoms with Gasteiger partial charge < -0.3 is 14.4 Å². The van der Waals surface area contributed by atoms with Crippen LogP contribution in [0.3, 0.4) is 0 Å². The maximum absolute atomic E-state index is 10.4. The Bertz CT molecular complexity index is 819. The molecule has 3 aromatic rings. The maximum atomic E-state index is 10.4. The molecule has 3 rings (SSSR count). The minimum absolute atomic E-state index is 0.262. The van der Waals surface area contributed by atoms with Gasteiger partial charge in [-0.1, -0.05) is 25.1 Å². The molecule has 2 aromatic carbocycles. The molecule has 0 saturated heterocycles. The normalized spacial score (nSPS) is 12.5. The second-order valence-electron chi connectivity index (χ2n) is 6.27. The second-order valence-corrected chi connectivity index (χ2v) is 6.27. The van der Waals surface area contributed by atoms with Gasteiger partial charge in [0, 0.05) is 6.42 Å². The number of hydrogen-bond donors (Lipinski definition) is 1. The molecular weight excluding hydrogens is 300 g/mol. The van der Waals surface area contributed by atoms with Gasteiger partial charge >= 0.3 is 0 Å². The van der Waals surface area contributed by atoms with E-state index in [9.17, 15) is 5.11 Å². The molecule has 1 N–H and O–H groups in total. The molecule has 0 saturated carbocycles. The smallest absolute Gasteiger partial charge is 0.119 e. The Kier molecular flexibility index (Phi) is 4.86. The SMILES string of the molecule is CCc1nc2ccccc2n1CC(O)COc1cc(C)cc(C)c1. The molecule has 4 nitrogen and oxygen atoms in total. The van der Waals surface area contributed by atoms with Crippen LogP contribution >= 0.6 is 0 Å². The summed E-state index contributed by atoms with van der Waals surface area (Å²) in [6.07, 6.45) is 0.244. The first kappa shape index (κ1) is 16.5. The highest BCUT2D eigenvalue weighted by Gasteiger charge is 2.13. The predicted octanol–water partition coefficient (Wildman–Crippen LogP) is 3.66. The Hall–Kier alpha value is -2.33. The molecule has 0 bridgehead atoms. The first-order chi connectivity index (χ1) is 11.6. The molecule has 1 heterocycles. The van der Waals surface area contributed by atoms with Crippen molar-refractivity contribution >= 4 is 11.0 Å². The summed E-state index contributed by atoms with van der Waals surface area (Å²) in [5.74, 6) is 1.79. The standard InChI is InChI=1S/C20H24N2O2/c1-4-20-21-18-7-5-6-8-19(18)22(20)12-16(23)13-24-17-10-14(2)9-15(3)11-17/h5-11,16,23H,4,12-13H2,1-3H3. The van der Waals surface area contributed by atoms with Gasteiger partial charge in [0.2, 0.25) is 0 Å². The Morgan fingerprint density at radius 1 is 1.12 bits per heavy atom. The minimum atomic E-state index is -0.589. The number of benzene rings is 2. The van der Waals surface area contributed by atoms with Crippen LogP contribution in [0.4, 0.5) is 0 Å². The van der Waals surface area contributed by atoms with Crippen LogP contribution in [0.25, 0.3) is 11.0 Å². The average molecular weight is 324 g/mol. The van der Waals surface area contributed by atoms with Crippen molar-refractivity contribution in [3.05, 3.63) is 59.4 Å². The van der Waals surface area contributed by atoms with Crippen LogP contribution in [0.2, 0.25) is 0 Å². The van der Waals surface area contributed by atoms with Crippen LogP contribution < -0.4 is 4.74 Å². The third-order valence-corrected chi connectivity index (χ3v) is 4.08. The summed E-state index contributed by atoms with van der Waals surface area (Å²) < 4.78 is 7.87. The van der Waals surface area contributed by atoms with Gasteiger partial charge in [0.15, 0.2) is 0 Å². The summed E-state index contributed by atoms with van der Waals surface area (Å²) in [4.78, 5) is 4.64. The van der Waals surface area contributed by atoms with E-state index in [1.54, 1.807) is 0 Å². The number of aliphatic hydroxyl groups excluding tert-OH is 1. The summed E-state index contributed by atoms with van der Waals surface area (Å²) >= 11 is 0. The zero-order valence-electron chi connectivity index (χ0n) is 14.5. The molecule has 126 valence electrons. The number of ether oxygens (including phenoxy) is 1. The third-order valence-electron chi connectivity index (χ3n) is 4.08. The summed E-state index contributed by atoms with van der Waals surface area (Å²) in [5, 5.41) is 10.4. The number of para-hydroxylation sites is 2. The van der Waals surface area contributed by atoms with Gasteiger partial charge in [-0.2, -0.15) is 0 Å². The van der Waals surface area contributed by atoms with Crippen molar-refractivity contribution in [2.45, 2.75) is 39.8 Å². The van der Waals surface area contributed by atoms with Crippen LogP contribution in [-0.2, 0) is 13.0 Å². The molecule has 0 radical (unpaired) electrons. The Morgan fingerprint density at radius 3 is 2.54 bits per heavy atom. The summed E-state index contributed by atoms with van der Waals surface area (Å²) in [7, 11) is 0. The summed E-state index contributed by atoms with van der Waals surface area (Å²) in [6.45, 7) is 6.91. The van der Waals surface area contributed by atoms with Gasteiger partial charge in [-0.05, 0) is 49.2 Å². The fourth-order valence-corrected chi connectivity index (χ4v) is 3.07. The molecule has 0 aliphatic rings. The molecular formula is C20H24N2O2. The van der Waals surface area contributed by atoms with E-state index in [0.717, 1.165) is 40.2 Å². The molecule has 0 aliphatic carbocycles. The van der Waals surface area contributed by atoms with E-state index >= 15 is 0 Å². The zero-order chi connectivity index (χ0) is 17.1. The number of aromatic nitrogens is 2. The van der Waals surface area contributed by atoms with Gasteiger partial charge in [0.25, 0.3) is 0 Å². The number of aliphatic hydroxyl groups is 1. The van der Waals surface area contributed by atoms with Crippen LogP contribution in [0.5, 0.6) is 5.75 Å². The van der Waals surface area contributed by atoms with Gasteiger partial charge in [-0.25, -0.2) is 4.98 Å². The third kappa shape index (κ3) is 3.60. The molecule has 1 aromatic heterocycles. The van der Waals surface area contributed by atoms with Crippen LogP contribution in [0, 0.1) is 13.8 Å². The first-order valence-corrected chi connectivity index (χ1v) is 8.40. The lowest BCUT2D eigenvalue weighted by atomic mass is 10.1. The molecule has 24 heavy (non-hydrogen) atoms. The van der Waals surface area contributed by atoms with Crippen molar-refractivity contribution in [2.75, 3.05) is 6.61 Å². The maximum Gasteiger partial charge on any atom is 0.119 e. The average Bonchev–Trinajstić information content (AvgIpc) is 2.90. The highest BCUT2D eigenvalue weighted by molar-refractivity contribution is 5.75. The number of imidazole rings is 1. The van der Waals surface area contributed by atoms with E-state index in [-0.39, 0.29) is 6.61 Å². The fourth-order valence-electron chi connectivity index (χ4n) is 3.07. The molecule has 0 amide bonds. The molecule has 1 atom stereocenters. The van der Waals surface area contributed by atoms with Crippen LogP contribution in [0.15, 0.2) is 42.5 Å². The monoisotopic (exact) mass is 324 g/mol. The Labute approximate surface area is 142 Å². The van der Waals surface area contributed by atoms with E-state index in [2.05, 4.69) is 22.5 Å². The number of nitrogens with zero attached hydrogens (tertiary/aromatic N) is 2. The molecule has 0 fully saturated rings. The summed E-state index contributed by atoms with van der Waals surface area (Å²) in [6, 6.07) is 14.1. The van der Waals surface area contributed by atoms with Gasteiger partial charge in [0.1, 0.15) is 24.3 Å². The van der Waals surface area contributed by atoms with E-state index < -0.39 is 6.10 Å². The molecule has 4 heteroatoms. The lowest BCUT2D eigenvalue weighted by Crippen LogP contribution is -2.24. The van der Waals surface area contributed by atoms with Gasteiger partial charge in [0.05, 0.1) is 17.6 Å². The van der Waals surface area contributed by atoms with E-state index in [4.69, 9.17) is 4.74 Å². The van der Waals surface area contributed by atoms with E-state index in [1.165, 1.54) is 0 Å². The largest absolute Gasteiger partial charge is 0.491 e. The van der Waals surface area contributed by atoms with Crippen molar-refractivity contribution in [2.24, 2.45) is 0 Å². The highest BCUT2D eigenvalue weighted by Crippen LogP contribution is 2.19. The lowest BCUT2D eigenvalue weighted by Gasteiger charge is -2.16.